The largest absolute Gasteiger partial charge is 0.351 e. The number of thioether (sulfide) groups is 1. The summed E-state index contributed by atoms with van der Waals surface area (Å²) in [5, 5.41) is 4.49. The second-order valence-electron chi connectivity index (χ2n) is 5.66. The van der Waals surface area contributed by atoms with Crippen LogP contribution >= 0.6 is 23.4 Å². The molecule has 1 aromatic heterocycles. The summed E-state index contributed by atoms with van der Waals surface area (Å²) in [6.07, 6.45) is 2.99. The Labute approximate surface area is 146 Å². The van der Waals surface area contributed by atoms with Crippen molar-refractivity contribution < 1.29 is 9.69 Å². The van der Waals surface area contributed by atoms with Crippen molar-refractivity contribution in [3.63, 3.8) is 0 Å². The lowest BCUT2D eigenvalue weighted by atomic mass is 10.1. The SMILES string of the molecule is CCCNC(=O)C[NH+](C)Cc1cc2ccc(SC)cc2nc1Cl. The number of carbonyl (C=O) groups is 1. The van der Waals surface area contributed by atoms with Gasteiger partial charge in [-0.25, -0.2) is 4.98 Å². The maximum Gasteiger partial charge on any atom is 0.275 e. The number of nitrogens with zero attached hydrogens (tertiary/aromatic N) is 1. The third-order valence-electron chi connectivity index (χ3n) is 3.58. The number of halogens is 1. The molecule has 1 atom stereocenters. The van der Waals surface area contributed by atoms with E-state index in [-0.39, 0.29) is 5.91 Å². The number of benzene rings is 1. The van der Waals surface area contributed by atoms with E-state index in [1.807, 2.05) is 26.3 Å². The van der Waals surface area contributed by atoms with Gasteiger partial charge in [0.15, 0.2) is 6.54 Å². The number of quaternary nitrogens is 1. The van der Waals surface area contributed by atoms with Crippen LogP contribution in [-0.2, 0) is 11.3 Å². The summed E-state index contributed by atoms with van der Waals surface area (Å²) in [4.78, 5) is 18.5. The van der Waals surface area contributed by atoms with Gasteiger partial charge < -0.3 is 10.2 Å². The summed E-state index contributed by atoms with van der Waals surface area (Å²) in [5.41, 5.74) is 1.88. The van der Waals surface area contributed by atoms with E-state index in [2.05, 4.69) is 28.5 Å². The normalized spacial score (nSPS) is 12.3. The smallest absolute Gasteiger partial charge is 0.275 e. The molecule has 1 amide bonds. The third kappa shape index (κ3) is 5.09. The van der Waals surface area contributed by atoms with Crippen molar-refractivity contribution in [2.75, 3.05) is 26.4 Å². The highest BCUT2D eigenvalue weighted by molar-refractivity contribution is 7.98. The van der Waals surface area contributed by atoms with Crippen LogP contribution in [0.5, 0.6) is 0 Å². The molecule has 0 fully saturated rings. The van der Waals surface area contributed by atoms with Crippen molar-refractivity contribution >= 4 is 40.2 Å². The Kier molecular flexibility index (Phi) is 6.69. The molecule has 0 aliphatic rings. The van der Waals surface area contributed by atoms with E-state index >= 15 is 0 Å². The Bertz CT molecular complexity index is 693. The highest BCUT2D eigenvalue weighted by Crippen LogP contribution is 2.24. The molecule has 0 bridgehead atoms. The molecule has 0 saturated heterocycles. The van der Waals surface area contributed by atoms with Crippen molar-refractivity contribution in [3.8, 4) is 0 Å². The number of rotatable bonds is 7. The first-order chi connectivity index (χ1) is 11.0. The lowest BCUT2D eigenvalue weighted by Gasteiger charge is -2.15. The van der Waals surface area contributed by atoms with E-state index in [0.29, 0.717) is 18.2 Å². The number of likely N-dealkylation sites (N-methyl/N-ethyl adjacent to an activating group) is 1. The van der Waals surface area contributed by atoms with Gasteiger partial charge in [-0.1, -0.05) is 24.6 Å². The second kappa shape index (κ2) is 8.52. The van der Waals surface area contributed by atoms with Crippen LogP contribution in [0.1, 0.15) is 18.9 Å². The van der Waals surface area contributed by atoms with Crippen molar-refractivity contribution in [1.82, 2.24) is 10.3 Å². The van der Waals surface area contributed by atoms with E-state index in [0.717, 1.165) is 34.3 Å². The maximum absolute atomic E-state index is 11.8. The Morgan fingerprint density at radius 1 is 1.39 bits per heavy atom. The summed E-state index contributed by atoms with van der Waals surface area (Å²) in [6.45, 7) is 3.87. The first-order valence-corrected chi connectivity index (χ1v) is 9.35. The lowest BCUT2D eigenvalue weighted by molar-refractivity contribution is -0.885. The van der Waals surface area contributed by atoms with E-state index in [1.54, 1.807) is 11.8 Å². The molecule has 4 nitrogen and oxygen atoms in total. The zero-order valence-electron chi connectivity index (χ0n) is 13.8. The molecule has 0 aliphatic carbocycles. The van der Waals surface area contributed by atoms with Gasteiger partial charge in [0.25, 0.3) is 5.91 Å². The highest BCUT2D eigenvalue weighted by atomic mass is 35.5. The van der Waals surface area contributed by atoms with Gasteiger partial charge in [0.1, 0.15) is 11.7 Å². The van der Waals surface area contributed by atoms with Crippen molar-refractivity contribution in [3.05, 3.63) is 35.0 Å². The molecular formula is C17H23ClN3OS+. The van der Waals surface area contributed by atoms with Gasteiger partial charge in [0.2, 0.25) is 0 Å². The van der Waals surface area contributed by atoms with E-state index in [1.165, 1.54) is 4.90 Å². The molecule has 0 saturated carbocycles. The summed E-state index contributed by atoms with van der Waals surface area (Å²) in [5.74, 6) is 0.0684. The monoisotopic (exact) mass is 352 g/mol. The summed E-state index contributed by atoms with van der Waals surface area (Å²) >= 11 is 8.02. The Hall–Kier alpha value is -1.30. The average Bonchev–Trinajstić information content (AvgIpc) is 2.53. The number of hydrogen-bond acceptors (Lipinski definition) is 3. The molecule has 1 aromatic carbocycles. The maximum atomic E-state index is 11.8. The van der Waals surface area contributed by atoms with Gasteiger partial charge in [-0.3, -0.25) is 4.79 Å². The van der Waals surface area contributed by atoms with E-state index in [9.17, 15) is 4.79 Å². The number of fused-ring (bicyclic) bond motifs is 1. The van der Waals surface area contributed by atoms with Gasteiger partial charge >= 0.3 is 0 Å². The predicted molar refractivity (Wildman–Crippen MR) is 97.3 cm³/mol. The Balaban J connectivity index is 2.10. The number of amides is 1. The quantitative estimate of drug-likeness (QED) is 0.593. The first kappa shape index (κ1) is 18.0. The van der Waals surface area contributed by atoms with Crippen LogP contribution in [0, 0.1) is 0 Å². The van der Waals surface area contributed by atoms with Crippen molar-refractivity contribution in [1.29, 1.82) is 0 Å². The van der Waals surface area contributed by atoms with Crippen LogP contribution in [0.2, 0.25) is 5.15 Å². The van der Waals surface area contributed by atoms with Crippen molar-refractivity contribution in [2.24, 2.45) is 0 Å². The minimum Gasteiger partial charge on any atom is -0.351 e. The molecular weight excluding hydrogens is 330 g/mol. The molecule has 6 heteroatoms. The number of hydrogen-bond donors (Lipinski definition) is 2. The standard InChI is InChI=1S/C17H22ClN3OS/c1-4-7-19-16(22)11-21(2)10-13-8-12-5-6-14(23-3)9-15(12)20-17(13)18/h5-6,8-9H,4,7,10-11H2,1-3H3,(H,19,22)/p+1. The zero-order valence-corrected chi connectivity index (χ0v) is 15.4. The topological polar surface area (TPSA) is 46.4 Å². The van der Waals surface area contributed by atoms with Gasteiger partial charge in [0, 0.05) is 22.4 Å². The number of aromatic nitrogens is 1. The van der Waals surface area contributed by atoms with Crippen LogP contribution < -0.4 is 10.2 Å². The lowest BCUT2D eigenvalue weighted by Crippen LogP contribution is -3.08. The van der Waals surface area contributed by atoms with Crippen LogP contribution in [-0.4, -0.2) is 37.3 Å². The van der Waals surface area contributed by atoms with Gasteiger partial charge in [-0.15, -0.1) is 11.8 Å². The average molecular weight is 353 g/mol. The molecule has 2 rings (SSSR count). The summed E-state index contributed by atoms with van der Waals surface area (Å²) in [7, 11) is 1.99. The fraction of sp³-hybridized carbons (Fsp3) is 0.412. The van der Waals surface area contributed by atoms with E-state index < -0.39 is 0 Å². The summed E-state index contributed by atoms with van der Waals surface area (Å²) in [6, 6.07) is 8.27. The third-order valence-corrected chi connectivity index (χ3v) is 4.63. The molecule has 0 spiro atoms. The molecule has 23 heavy (non-hydrogen) atoms. The molecule has 1 heterocycles. The molecule has 0 radical (unpaired) electrons. The zero-order chi connectivity index (χ0) is 16.8. The molecule has 124 valence electrons. The highest BCUT2D eigenvalue weighted by Gasteiger charge is 2.13. The Morgan fingerprint density at radius 3 is 2.87 bits per heavy atom. The molecule has 1 unspecified atom stereocenters. The fourth-order valence-electron chi connectivity index (χ4n) is 2.41. The second-order valence-corrected chi connectivity index (χ2v) is 6.90. The van der Waals surface area contributed by atoms with Crippen LogP contribution in [0.15, 0.2) is 29.2 Å². The van der Waals surface area contributed by atoms with Crippen LogP contribution in [0.3, 0.4) is 0 Å². The molecule has 0 aliphatic heterocycles. The first-order valence-electron chi connectivity index (χ1n) is 7.74. The Morgan fingerprint density at radius 2 is 2.17 bits per heavy atom. The number of carbonyl (C=O) groups excluding carboxylic acids is 1. The fourth-order valence-corrected chi connectivity index (χ4v) is 3.05. The predicted octanol–water partition coefficient (Wildman–Crippen LogP) is 2.15. The molecule has 2 N–H and O–H groups in total. The van der Waals surface area contributed by atoms with Crippen LogP contribution in [0.25, 0.3) is 10.9 Å². The van der Waals surface area contributed by atoms with Crippen molar-refractivity contribution in [2.45, 2.75) is 24.8 Å². The van der Waals surface area contributed by atoms with Gasteiger partial charge in [-0.05, 0) is 30.9 Å². The minimum atomic E-state index is 0.0684. The number of nitrogens with one attached hydrogen (secondary N) is 2. The number of pyridine rings is 1. The minimum absolute atomic E-state index is 0.0684. The molecule has 2 aromatic rings. The van der Waals surface area contributed by atoms with E-state index in [4.69, 9.17) is 11.6 Å². The van der Waals surface area contributed by atoms with Gasteiger partial charge in [-0.2, -0.15) is 0 Å². The van der Waals surface area contributed by atoms with Gasteiger partial charge in [0.05, 0.1) is 12.6 Å². The summed E-state index contributed by atoms with van der Waals surface area (Å²) < 4.78 is 0. The van der Waals surface area contributed by atoms with Crippen LogP contribution in [0.4, 0.5) is 0 Å².